The quantitative estimate of drug-likeness (QED) is 0.309. The van der Waals surface area contributed by atoms with Crippen LogP contribution >= 0.6 is 0 Å². The number of ketones is 1. The van der Waals surface area contributed by atoms with E-state index in [2.05, 4.69) is 6.92 Å². The average Bonchev–Trinajstić information content (AvgIpc) is 3.09. The van der Waals surface area contributed by atoms with E-state index in [1.165, 1.54) is 14.0 Å². The Morgan fingerprint density at radius 3 is 2.00 bits per heavy atom. The van der Waals surface area contributed by atoms with Crippen molar-refractivity contribution in [2.75, 3.05) is 28.3 Å². The molecule has 0 unspecified atom stereocenters. The van der Waals surface area contributed by atoms with Gasteiger partial charge in [-0.3, -0.25) is 9.59 Å². The molecule has 0 saturated carbocycles. The highest BCUT2D eigenvalue weighted by Crippen LogP contribution is 2.42. The highest BCUT2D eigenvalue weighted by Gasteiger charge is 2.53. The number of likely N-dealkylation sites (N-methyl/N-ethyl adjacent to an activating group) is 1. The standard InChI is InChI=1S/C39H71NO12/c1-16-28-39(11,45)33(43)22(4)30(41)20(2)18-38(10,47-15)34(52-36-31(42)27(40(12)13)17-21(3)48-36)23(5)32(24(6)35(44)50-28)51-29-19-37(9,46-14)25(7)26(8)49-29/h20-29,31-34,36,42-43,45H,16-19H2,1-15H3/t20-,21+,22-,23-,24+,25-,26-,27-,28+,29-,31+,32-,33+,34+,36-,37+,38+,39+/m0/s1. The lowest BCUT2D eigenvalue weighted by Crippen LogP contribution is -2.61. The maximum absolute atomic E-state index is 14.2. The van der Waals surface area contributed by atoms with Gasteiger partial charge in [-0.15, -0.1) is 0 Å². The number of aliphatic hydroxyl groups is 3. The average molecular weight is 746 g/mol. The molecular formula is C39H71NO12. The fourth-order valence-corrected chi connectivity index (χ4v) is 8.76. The maximum Gasteiger partial charge on any atom is 0.311 e. The molecular weight excluding hydrogens is 674 g/mol. The van der Waals surface area contributed by atoms with Gasteiger partial charge in [0.25, 0.3) is 0 Å². The Bertz CT molecular complexity index is 1190. The number of hydrogen-bond donors (Lipinski definition) is 3. The van der Waals surface area contributed by atoms with E-state index < -0.39 is 89.5 Å². The van der Waals surface area contributed by atoms with E-state index in [4.69, 9.17) is 33.2 Å². The highest BCUT2D eigenvalue weighted by atomic mass is 16.7. The van der Waals surface area contributed by atoms with Crippen LogP contribution in [0.4, 0.5) is 0 Å². The minimum Gasteiger partial charge on any atom is -0.459 e. The topological polar surface area (TPSA) is 163 Å². The van der Waals surface area contributed by atoms with Crippen molar-refractivity contribution in [3.05, 3.63) is 0 Å². The minimum absolute atomic E-state index is 0.0472. The lowest BCUT2D eigenvalue weighted by molar-refractivity contribution is -0.315. The van der Waals surface area contributed by atoms with Gasteiger partial charge >= 0.3 is 5.97 Å². The molecule has 0 bridgehead atoms. The molecule has 304 valence electrons. The largest absolute Gasteiger partial charge is 0.459 e. The number of hydrogen-bond acceptors (Lipinski definition) is 13. The predicted molar refractivity (Wildman–Crippen MR) is 194 cm³/mol. The number of carbonyl (C=O) groups excluding carboxylic acids is 2. The lowest BCUT2D eigenvalue weighted by atomic mass is 9.73. The van der Waals surface area contributed by atoms with E-state index in [-0.39, 0.29) is 42.8 Å². The second kappa shape index (κ2) is 17.7. The number of nitrogens with zero attached hydrogens (tertiary/aromatic N) is 1. The zero-order chi connectivity index (χ0) is 39.7. The molecule has 3 aliphatic rings. The monoisotopic (exact) mass is 745 g/mol. The first-order valence-electron chi connectivity index (χ1n) is 19.2. The normalized spacial score (nSPS) is 49.0. The lowest BCUT2D eigenvalue weighted by Gasteiger charge is -2.50. The van der Waals surface area contributed by atoms with Gasteiger partial charge < -0.3 is 53.4 Å². The van der Waals surface area contributed by atoms with E-state index in [0.717, 1.165) is 0 Å². The molecule has 13 nitrogen and oxygen atoms in total. The van der Waals surface area contributed by atoms with Gasteiger partial charge in [0, 0.05) is 50.4 Å². The summed E-state index contributed by atoms with van der Waals surface area (Å²) in [5, 5.41) is 34.7. The van der Waals surface area contributed by atoms with Crippen molar-refractivity contribution in [2.24, 2.45) is 29.6 Å². The van der Waals surface area contributed by atoms with Gasteiger partial charge in [0.1, 0.15) is 23.6 Å². The smallest absolute Gasteiger partial charge is 0.311 e. The van der Waals surface area contributed by atoms with E-state index in [0.29, 0.717) is 12.8 Å². The van der Waals surface area contributed by atoms with Crippen LogP contribution in [0, 0.1) is 29.6 Å². The second-order valence-corrected chi connectivity index (χ2v) is 17.0. The SMILES string of the molecule is CC[C@H]1OC(=O)[C@H](C)[C@@H](O[C@H]2C[C@@](C)(OC)[C@@H](C)[C@H](C)O2)[C@H](C)[C@@H](O[C@@H]2O[C@H](C)C[C@H](N(C)C)[C@H]2O)[C@](C)(OC)C[C@H](C)C(=O)[C@H](C)[C@@H](O)[C@]1(C)O. The summed E-state index contributed by atoms with van der Waals surface area (Å²) in [6, 6.07) is -0.259. The zero-order valence-electron chi connectivity index (χ0n) is 34.5. The fraction of sp³-hybridized carbons (Fsp3) is 0.949. The summed E-state index contributed by atoms with van der Waals surface area (Å²) in [7, 11) is 6.99. The van der Waals surface area contributed by atoms with E-state index in [1.54, 1.807) is 34.8 Å². The molecule has 0 amide bonds. The van der Waals surface area contributed by atoms with Gasteiger partial charge in [-0.05, 0) is 74.9 Å². The predicted octanol–water partition coefficient (Wildman–Crippen LogP) is 3.71. The van der Waals surface area contributed by atoms with Gasteiger partial charge in [0.15, 0.2) is 12.6 Å². The third-order valence-corrected chi connectivity index (χ3v) is 12.9. The second-order valence-electron chi connectivity index (χ2n) is 17.0. The van der Waals surface area contributed by atoms with Crippen LogP contribution in [0.15, 0.2) is 0 Å². The molecule has 3 fully saturated rings. The van der Waals surface area contributed by atoms with Crippen LogP contribution in [0.1, 0.15) is 102 Å². The molecule has 3 rings (SSSR count). The molecule has 0 aromatic carbocycles. The fourth-order valence-electron chi connectivity index (χ4n) is 8.76. The van der Waals surface area contributed by atoms with Crippen molar-refractivity contribution in [1.82, 2.24) is 4.90 Å². The van der Waals surface area contributed by atoms with Crippen molar-refractivity contribution in [2.45, 2.75) is 180 Å². The number of methoxy groups -OCH3 is 2. The molecule has 52 heavy (non-hydrogen) atoms. The number of cyclic esters (lactones) is 1. The molecule has 0 aliphatic carbocycles. The first kappa shape index (κ1) is 45.1. The van der Waals surface area contributed by atoms with Gasteiger partial charge in [-0.25, -0.2) is 0 Å². The Kier molecular flexibility index (Phi) is 15.3. The Hall–Kier alpha value is -1.26. The number of aliphatic hydroxyl groups excluding tert-OH is 2. The molecule has 3 heterocycles. The van der Waals surface area contributed by atoms with Crippen molar-refractivity contribution in [1.29, 1.82) is 0 Å². The molecule has 3 aliphatic heterocycles. The molecule has 0 aromatic heterocycles. The van der Waals surface area contributed by atoms with Crippen molar-refractivity contribution in [3.63, 3.8) is 0 Å². The zero-order valence-corrected chi connectivity index (χ0v) is 34.5. The third-order valence-electron chi connectivity index (χ3n) is 12.9. The number of esters is 1. The molecule has 13 heteroatoms. The maximum atomic E-state index is 14.2. The van der Waals surface area contributed by atoms with Crippen LogP contribution in [-0.4, -0.2) is 138 Å². The van der Waals surface area contributed by atoms with Gasteiger partial charge in [-0.2, -0.15) is 0 Å². The summed E-state index contributed by atoms with van der Waals surface area (Å²) >= 11 is 0. The van der Waals surface area contributed by atoms with Crippen LogP contribution in [-0.2, 0) is 42.7 Å². The van der Waals surface area contributed by atoms with Crippen LogP contribution in [0.3, 0.4) is 0 Å². The van der Waals surface area contributed by atoms with Gasteiger partial charge in [0.2, 0.25) is 0 Å². The summed E-state index contributed by atoms with van der Waals surface area (Å²) in [5.74, 6) is -4.18. The molecule has 3 N–H and O–H groups in total. The Morgan fingerprint density at radius 1 is 0.865 bits per heavy atom. The number of rotatable bonds is 8. The summed E-state index contributed by atoms with van der Waals surface area (Å²) in [4.78, 5) is 30.2. The number of ether oxygens (including phenoxy) is 7. The minimum atomic E-state index is -1.94. The van der Waals surface area contributed by atoms with Crippen molar-refractivity contribution < 1.29 is 58.1 Å². The van der Waals surface area contributed by atoms with Crippen LogP contribution in [0.2, 0.25) is 0 Å². The summed E-state index contributed by atoms with van der Waals surface area (Å²) in [5.41, 5.74) is -3.73. The molecule has 18 atom stereocenters. The summed E-state index contributed by atoms with van der Waals surface area (Å²) < 4.78 is 44.6. The molecule has 0 spiro atoms. The van der Waals surface area contributed by atoms with Crippen LogP contribution in [0.25, 0.3) is 0 Å². The van der Waals surface area contributed by atoms with Crippen molar-refractivity contribution >= 4 is 11.8 Å². The van der Waals surface area contributed by atoms with E-state index >= 15 is 0 Å². The molecule has 3 saturated heterocycles. The number of carbonyl (C=O) groups is 2. The Morgan fingerprint density at radius 2 is 1.46 bits per heavy atom. The van der Waals surface area contributed by atoms with Crippen LogP contribution in [0.5, 0.6) is 0 Å². The van der Waals surface area contributed by atoms with Gasteiger partial charge in [0.05, 0.1) is 47.6 Å². The number of Topliss-reactive ketones (excluding diaryl/α,β-unsaturated/α-hetero) is 1. The van der Waals surface area contributed by atoms with Gasteiger partial charge in [-0.1, -0.05) is 34.6 Å². The molecule has 0 radical (unpaired) electrons. The Balaban J connectivity index is 2.22. The summed E-state index contributed by atoms with van der Waals surface area (Å²) in [6.45, 7) is 19.9. The Labute approximate surface area is 312 Å². The first-order valence-corrected chi connectivity index (χ1v) is 19.2. The third kappa shape index (κ3) is 9.39. The highest BCUT2D eigenvalue weighted by molar-refractivity contribution is 5.83. The van der Waals surface area contributed by atoms with E-state index in [1.807, 2.05) is 53.6 Å². The van der Waals surface area contributed by atoms with E-state index in [9.17, 15) is 24.9 Å². The summed E-state index contributed by atoms with van der Waals surface area (Å²) in [6.07, 6.45) is -6.57. The molecule has 0 aromatic rings. The van der Waals surface area contributed by atoms with Crippen LogP contribution < -0.4 is 0 Å². The first-order chi connectivity index (χ1) is 24.0. The van der Waals surface area contributed by atoms with Crippen molar-refractivity contribution in [3.8, 4) is 0 Å².